The molecule has 1 amide bonds. The quantitative estimate of drug-likeness (QED) is 0.804. The molecule has 5 nitrogen and oxygen atoms in total. The Balaban J connectivity index is 2.27. The van der Waals surface area contributed by atoms with Crippen molar-refractivity contribution < 1.29 is 19.7 Å². The number of phenols is 1. The first-order valence-corrected chi connectivity index (χ1v) is 5.93. The molecular formula is C13H17NO4. The third-order valence-electron chi connectivity index (χ3n) is 3.23. The van der Waals surface area contributed by atoms with Crippen molar-refractivity contribution in [1.82, 2.24) is 4.90 Å². The first-order chi connectivity index (χ1) is 8.65. The normalized spacial score (nSPS) is 19.9. The molecular weight excluding hydrogens is 234 g/mol. The molecule has 0 radical (unpaired) electrons. The number of phenolic OH excluding ortho intramolecular Hbond substituents is 1. The highest BCUT2D eigenvalue weighted by Gasteiger charge is 2.28. The van der Waals surface area contributed by atoms with Gasteiger partial charge in [0.05, 0.1) is 25.9 Å². The van der Waals surface area contributed by atoms with Gasteiger partial charge in [-0.2, -0.15) is 0 Å². The van der Waals surface area contributed by atoms with Crippen molar-refractivity contribution in [3.8, 4) is 5.75 Å². The van der Waals surface area contributed by atoms with Gasteiger partial charge in [0.1, 0.15) is 5.75 Å². The average Bonchev–Trinajstić information content (AvgIpc) is 2.41. The summed E-state index contributed by atoms with van der Waals surface area (Å²) in [7, 11) is 0. The zero-order valence-corrected chi connectivity index (χ0v) is 10.3. The molecule has 0 spiro atoms. The lowest BCUT2D eigenvalue weighted by atomic mass is 10.1. The third kappa shape index (κ3) is 2.32. The van der Waals surface area contributed by atoms with Crippen molar-refractivity contribution in [3.05, 3.63) is 29.3 Å². The van der Waals surface area contributed by atoms with E-state index in [1.165, 1.54) is 0 Å². The van der Waals surface area contributed by atoms with Gasteiger partial charge in [0.15, 0.2) is 0 Å². The Hall–Kier alpha value is -1.59. The second-order valence-electron chi connectivity index (χ2n) is 4.36. The van der Waals surface area contributed by atoms with Crippen molar-refractivity contribution in [3.63, 3.8) is 0 Å². The highest BCUT2D eigenvalue weighted by molar-refractivity contribution is 5.96. The molecule has 1 fully saturated rings. The van der Waals surface area contributed by atoms with Gasteiger partial charge in [0.25, 0.3) is 5.91 Å². The maximum atomic E-state index is 12.4. The molecule has 1 aliphatic rings. The standard InChI is InChI=1S/C13H17NO4/c1-9-11(3-2-4-12(9)16)13(17)14-5-6-18-8-10(14)7-15/h2-4,10,15-16H,5-8H2,1H3. The molecule has 2 rings (SSSR count). The number of aliphatic hydroxyl groups is 1. The van der Waals surface area contributed by atoms with E-state index in [0.717, 1.165) is 0 Å². The largest absolute Gasteiger partial charge is 0.508 e. The third-order valence-corrected chi connectivity index (χ3v) is 3.23. The molecule has 5 heteroatoms. The first kappa shape index (κ1) is 12.9. The first-order valence-electron chi connectivity index (χ1n) is 5.93. The maximum absolute atomic E-state index is 12.4. The molecule has 98 valence electrons. The fourth-order valence-corrected chi connectivity index (χ4v) is 2.08. The Labute approximate surface area is 106 Å². The molecule has 1 heterocycles. The molecule has 0 aromatic heterocycles. The summed E-state index contributed by atoms with van der Waals surface area (Å²) >= 11 is 0. The van der Waals surface area contributed by atoms with Crippen LogP contribution in [0.2, 0.25) is 0 Å². The Morgan fingerprint density at radius 3 is 3.06 bits per heavy atom. The predicted molar refractivity (Wildman–Crippen MR) is 65.6 cm³/mol. The van der Waals surface area contributed by atoms with E-state index in [1.54, 1.807) is 30.0 Å². The van der Waals surface area contributed by atoms with Gasteiger partial charge in [-0.25, -0.2) is 0 Å². The predicted octanol–water partition coefficient (Wildman–Crippen LogP) is 0.534. The Morgan fingerprint density at radius 2 is 2.33 bits per heavy atom. The minimum Gasteiger partial charge on any atom is -0.508 e. The number of morpholine rings is 1. The van der Waals surface area contributed by atoms with E-state index in [-0.39, 0.29) is 24.3 Å². The lowest BCUT2D eigenvalue weighted by Crippen LogP contribution is -2.50. The summed E-state index contributed by atoms with van der Waals surface area (Å²) in [5, 5.41) is 18.9. The van der Waals surface area contributed by atoms with Gasteiger partial charge in [-0.15, -0.1) is 0 Å². The van der Waals surface area contributed by atoms with Crippen molar-refractivity contribution in [1.29, 1.82) is 0 Å². The van der Waals surface area contributed by atoms with Gasteiger partial charge in [-0.05, 0) is 19.1 Å². The van der Waals surface area contributed by atoms with Crippen LogP contribution in [0.4, 0.5) is 0 Å². The molecule has 1 aromatic carbocycles. The van der Waals surface area contributed by atoms with E-state index in [0.29, 0.717) is 30.9 Å². The van der Waals surface area contributed by atoms with Crippen LogP contribution in [0.25, 0.3) is 0 Å². The van der Waals surface area contributed by atoms with Crippen LogP contribution < -0.4 is 0 Å². The Bertz CT molecular complexity index is 447. The number of rotatable bonds is 2. The van der Waals surface area contributed by atoms with Crippen molar-refractivity contribution >= 4 is 5.91 Å². The topological polar surface area (TPSA) is 70.0 Å². The summed E-state index contributed by atoms with van der Waals surface area (Å²) in [6.07, 6.45) is 0. The summed E-state index contributed by atoms with van der Waals surface area (Å²) in [5.41, 5.74) is 1.03. The lowest BCUT2D eigenvalue weighted by Gasteiger charge is -2.34. The molecule has 1 aliphatic heterocycles. The zero-order valence-electron chi connectivity index (χ0n) is 10.3. The van der Waals surface area contributed by atoms with Crippen LogP contribution >= 0.6 is 0 Å². The van der Waals surface area contributed by atoms with Gasteiger partial charge < -0.3 is 19.8 Å². The maximum Gasteiger partial charge on any atom is 0.254 e. The number of benzene rings is 1. The number of aromatic hydroxyl groups is 1. The fraction of sp³-hybridized carbons (Fsp3) is 0.462. The Kier molecular flexibility index (Phi) is 3.84. The molecule has 2 N–H and O–H groups in total. The van der Waals surface area contributed by atoms with E-state index in [1.807, 2.05) is 0 Å². The molecule has 1 unspecified atom stereocenters. The van der Waals surface area contributed by atoms with E-state index in [4.69, 9.17) is 4.74 Å². The number of carbonyl (C=O) groups excluding carboxylic acids is 1. The van der Waals surface area contributed by atoms with Gasteiger partial charge in [0, 0.05) is 17.7 Å². The van der Waals surface area contributed by atoms with Gasteiger partial charge >= 0.3 is 0 Å². The van der Waals surface area contributed by atoms with E-state index < -0.39 is 0 Å². The molecule has 1 aromatic rings. The van der Waals surface area contributed by atoms with E-state index in [9.17, 15) is 15.0 Å². The molecule has 1 saturated heterocycles. The molecule has 0 bridgehead atoms. The number of amides is 1. The summed E-state index contributed by atoms with van der Waals surface area (Å²) in [5.74, 6) is -0.0691. The highest BCUT2D eigenvalue weighted by Crippen LogP contribution is 2.22. The minimum absolute atomic E-state index is 0.106. The van der Waals surface area contributed by atoms with Gasteiger partial charge in [-0.1, -0.05) is 6.07 Å². The van der Waals surface area contributed by atoms with Crippen LogP contribution in [-0.4, -0.2) is 53.4 Å². The number of carbonyl (C=O) groups is 1. The van der Waals surface area contributed by atoms with Gasteiger partial charge in [0.2, 0.25) is 0 Å². The van der Waals surface area contributed by atoms with Crippen LogP contribution in [-0.2, 0) is 4.74 Å². The number of hydrogen-bond acceptors (Lipinski definition) is 4. The summed E-state index contributed by atoms with van der Waals surface area (Å²) in [6, 6.07) is 4.56. The van der Waals surface area contributed by atoms with Gasteiger partial charge in [-0.3, -0.25) is 4.79 Å². The second kappa shape index (κ2) is 5.37. The fourth-order valence-electron chi connectivity index (χ4n) is 2.08. The smallest absolute Gasteiger partial charge is 0.254 e. The molecule has 18 heavy (non-hydrogen) atoms. The molecule has 0 aliphatic carbocycles. The summed E-state index contributed by atoms with van der Waals surface area (Å²) < 4.78 is 5.24. The minimum atomic E-state index is -0.312. The SMILES string of the molecule is Cc1c(O)cccc1C(=O)N1CCOCC1CO. The lowest BCUT2D eigenvalue weighted by molar-refractivity contribution is -0.0184. The zero-order chi connectivity index (χ0) is 13.1. The average molecular weight is 251 g/mol. The number of hydrogen-bond donors (Lipinski definition) is 2. The van der Waals surface area contributed by atoms with Crippen LogP contribution in [0.15, 0.2) is 18.2 Å². The molecule has 1 atom stereocenters. The van der Waals surface area contributed by atoms with E-state index in [2.05, 4.69) is 0 Å². The van der Waals surface area contributed by atoms with Crippen LogP contribution in [0.1, 0.15) is 15.9 Å². The monoisotopic (exact) mass is 251 g/mol. The van der Waals surface area contributed by atoms with Crippen LogP contribution in [0.3, 0.4) is 0 Å². The summed E-state index contributed by atoms with van der Waals surface area (Å²) in [6.45, 7) is 2.86. The van der Waals surface area contributed by atoms with Crippen molar-refractivity contribution in [2.24, 2.45) is 0 Å². The van der Waals surface area contributed by atoms with E-state index >= 15 is 0 Å². The van der Waals surface area contributed by atoms with Crippen LogP contribution in [0.5, 0.6) is 5.75 Å². The molecule has 0 saturated carbocycles. The summed E-state index contributed by atoms with van der Waals surface area (Å²) in [4.78, 5) is 14.0. The second-order valence-corrected chi connectivity index (χ2v) is 4.36. The Morgan fingerprint density at radius 1 is 1.56 bits per heavy atom. The number of ether oxygens (including phenoxy) is 1. The number of nitrogens with zero attached hydrogens (tertiary/aromatic N) is 1. The van der Waals surface area contributed by atoms with Crippen molar-refractivity contribution in [2.45, 2.75) is 13.0 Å². The number of aliphatic hydroxyl groups excluding tert-OH is 1. The van der Waals surface area contributed by atoms with Crippen LogP contribution in [0, 0.1) is 6.92 Å². The highest BCUT2D eigenvalue weighted by atomic mass is 16.5. The van der Waals surface area contributed by atoms with Crippen molar-refractivity contribution in [2.75, 3.05) is 26.4 Å².